The second-order valence-electron chi connectivity index (χ2n) is 4.28. The van der Waals surface area contributed by atoms with Crippen LogP contribution in [0.5, 0.6) is 5.75 Å². The number of nitrogens with zero attached hydrogens (tertiary/aromatic N) is 1. The Morgan fingerprint density at radius 1 is 1.55 bits per heavy atom. The highest BCUT2D eigenvalue weighted by Gasteiger charge is 2.15. The topological polar surface area (TPSA) is 102 Å². The van der Waals surface area contributed by atoms with E-state index in [9.17, 15) is 20.0 Å². The average Bonchev–Trinajstić information content (AvgIpc) is 2.42. The molecule has 2 N–H and O–H groups in total. The highest BCUT2D eigenvalue weighted by molar-refractivity contribution is 5.75. The van der Waals surface area contributed by atoms with Crippen LogP contribution in [-0.4, -0.2) is 29.6 Å². The Morgan fingerprint density at radius 2 is 2.25 bits per heavy atom. The largest absolute Gasteiger partial charge is 0.493 e. The van der Waals surface area contributed by atoms with Gasteiger partial charge in [0.1, 0.15) is 5.75 Å². The number of hydrogen-bond donors (Lipinski definition) is 2. The number of hydrogen-bond acceptors (Lipinski definition) is 5. The summed E-state index contributed by atoms with van der Waals surface area (Å²) < 4.78 is 5.47. The fourth-order valence-electron chi connectivity index (χ4n) is 1.65. The third-order valence-corrected chi connectivity index (χ3v) is 2.74. The van der Waals surface area contributed by atoms with Gasteiger partial charge >= 0.3 is 0 Å². The zero-order valence-corrected chi connectivity index (χ0v) is 11.5. The highest BCUT2D eigenvalue weighted by Crippen LogP contribution is 2.29. The monoisotopic (exact) mass is 282 g/mol. The number of non-ortho nitro benzene ring substituents is 1. The maximum Gasteiger partial charge on any atom is 0.270 e. The summed E-state index contributed by atoms with van der Waals surface area (Å²) in [5.74, 6) is 0.315. The number of nitrogens with one attached hydrogen (secondary N) is 1. The van der Waals surface area contributed by atoms with Crippen molar-refractivity contribution in [3.05, 3.63) is 33.9 Å². The molecular weight excluding hydrogens is 264 g/mol. The van der Waals surface area contributed by atoms with Crippen LogP contribution in [0.3, 0.4) is 0 Å². The maximum absolute atomic E-state index is 11.0. The molecule has 1 aromatic carbocycles. The molecule has 0 heterocycles. The van der Waals surface area contributed by atoms with Crippen LogP contribution >= 0.6 is 0 Å². The van der Waals surface area contributed by atoms with Gasteiger partial charge in [0.15, 0.2) is 0 Å². The van der Waals surface area contributed by atoms with Gasteiger partial charge in [-0.3, -0.25) is 14.9 Å². The van der Waals surface area contributed by atoms with E-state index in [-0.39, 0.29) is 11.6 Å². The van der Waals surface area contributed by atoms with E-state index < -0.39 is 11.0 Å². The molecule has 0 bridgehead atoms. The predicted molar refractivity (Wildman–Crippen MR) is 72.5 cm³/mol. The number of aliphatic hydroxyl groups excluding tert-OH is 1. The van der Waals surface area contributed by atoms with E-state index in [1.165, 1.54) is 25.1 Å². The summed E-state index contributed by atoms with van der Waals surface area (Å²) in [5, 5.41) is 22.8. The molecule has 0 aromatic heterocycles. The van der Waals surface area contributed by atoms with Crippen LogP contribution < -0.4 is 10.1 Å². The first-order valence-corrected chi connectivity index (χ1v) is 6.25. The molecule has 0 aliphatic rings. The van der Waals surface area contributed by atoms with Gasteiger partial charge in [-0.05, 0) is 19.4 Å². The molecule has 0 aliphatic heterocycles. The predicted octanol–water partition coefficient (Wildman–Crippen LogP) is 1.55. The smallest absolute Gasteiger partial charge is 0.270 e. The molecule has 0 spiro atoms. The number of nitro groups is 1. The number of benzene rings is 1. The van der Waals surface area contributed by atoms with E-state index in [1.54, 1.807) is 7.05 Å². The van der Waals surface area contributed by atoms with Gasteiger partial charge in [-0.1, -0.05) is 0 Å². The van der Waals surface area contributed by atoms with Crippen molar-refractivity contribution in [2.24, 2.45) is 0 Å². The number of nitro benzene ring substituents is 1. The molecule has 0 fully saturated rings. The first-order valence-electron chi connectivity index (χ1n) is 6.25. The summed E-state index contributed by atoms with van der Waals surface area (Å²) in [7, 11) is 1.56. The summed E-state index contributed by atoms with van der Waals surface area (Å²) in [6.45, 7) is 1.81. The molecule has 7 nitrogen and oxygen atoms in total. The molecule has 1 atom stereocenters. The molecule has 1 aromatic rings. The Morgan fingerprint density at radius 3 is 2.80 bits per heavy atom. The molecule has 0 unspecified atom stereocenters. The number of carbonyl (C=O) groups is 1. The second kappa shape index (κ2) is 7.44. The molecule has 0 saturated heterocycles. The van der Waals surface area contributed by atoms with Crippen LogP contribution in [0.4, 0.5) is 5.69 Å². The van der Waals surface area contributed by atoms with Crippen molar-refractivity contribution in [3.8, 4) is 5.75 Å². The zero-order valence-electron chi connectivity index (χ0n) is 11.5. The van der Waals surface area contributed by atoms with Crippen LogP contribution in [0.15, 0.2) is 18.2 Å². The Kier molecular flexibility index (Phi) is 5.92. The van der Waals surface area contributed by atoms with Gasteiger partial charge in [0.05, 0.1) is 17.6 Å². The number of ether oxygens (including phenoxy) is 1. The summed E-state index contributed by atoms with van der Waals surface area (Å²) in [5.41, 5.74) is 0.262. The Bertz CT molecular complexity index is 488. The third-order valence-electron chi connectivity index (χ3n) is 2.74. The molecule has 1 rings (SSSR count). The number of carbonyl (C=O) groups excluding carboxylic acids is 1. The van der Waals surface area contributed by atoms with Crippen molar-refractivity contribution in [3.63, 3.8) is 0 Å². The summed E-state index contributed by atoms with van der Waals surface area (Å²) in [6, 6.07) is 4.07. The van der Waals surface area contributed by atoms with Gasteiger partial charge in [-0.25, -0.2) is 0 Å². The van der Waals surface area contributed by atoms with Crippen molar-refractivity contribution >= 4 is 11.6 Å². The molecule has 0 saturated carbocycles. The van der Waals surface area contributed by atoms with Crippen molar-refractivity contribution in [1.29, 1.82) is 0 Å². The summed E-state index contributed by atoms with van der Waals surface area (Å²) in [6.07, 6.45) is -0.00696. The SMILES string of the molecule is CNC(=O)CCCOc1ccc([N+](=O)[O-])cc1[C@@H](C)O. The van der Waals surface area contributed by atoms with Crippen LogP contribution in [0.2, 0.25) is 0 Å². The van der Waals surface area contributed by atoms with Gasteiger partial charge in [-0.15, -0.1) is 0 Å². The Hall–Kier alpha value is -2.15. The average molecular weight is 282 g/mol. The molecule has 1 amide bonds. The van der Waals surface area contributed by atoms with Gasteiger partial charge in [0.2, 0.25) is 5.91 Å². The highest BCUT2D eigenvalue weighted by atomic mass is 16.6. The van der Waals surface area contributed by atoms with Gasteiger partial charge < -0.3 is 15.2 Å². The van der Waals surface area contributed by atoms with Crippen LogP contribution in [0.25, 0.3) is 0 Å². The quantitative estimate of drug-likeness (QED) is 0.449. The Labute approximate surface area is 116 Å². The molecule has 7 heteroatoms. The fraction of sp³-hybridized carbons (Fsp3) is 0.462. The van der Waals surface area contributed by atoms with Gasteiger partial charge in [0.25, 0.3) is 5.69 Å². The van der Waals surface area contributed by atoms with E-state index in [4.69, 9.17) is 4.74 Å². The second-order valence-corrected chi connectivity index (χ2v) is 4.28. The van der Waals surface area contributed by atoms with Crippen molar-refractivity contribution < 1.29 is 19.6 Å². The third kappa shape index (κ3) is 4.51. The van der Waals surface area contributed by atoms with E-state index in [0.717, 1.165) is 0 Å². The van der Waals surface area contributed by atoms with Crippen LogP contribution in [0.1, 0.15) is 31.4 Å². The minimum absolute atomic E-state index is 0.0759. The zero-order chi connectivity index (χ0) is 15.1. The molecule has 110 valence electrons. The van der Waals surface area contributed by atoms with Crippen molar-refractivity contribution in [2.45, 2.75) is 25.9 Å². The minimum atomic E-state index is -0.871. The molecular formula is C13H18N2O5. The first-order chi connectivity index (χ1) is 9.45. The lowest BCUT2D eigenvalue weighted by molar-refractivity contribution is -0.385. The number of aliphatic hydroxyl groups is 1. The maximum atomic E-state index is 11.0. The summed E-state index contributed by atoms with van der Waals surface area (Å²) in [4.78, 5) is 21.2. The lowest BCUT2D eigenvalue weighted by Gasteiger charge is -2.13. The van der Waals surface area contributed by atoms with E-state index in [2.05, 4.69) is 5.32 Å². The summed E-state index contributed by atoms with van der Waals surface area (Å²) >= 11 is 0. The molecule has 0 aliphatic carbocycles. The van der Waals surface area contributed by atoms with E-state index in [0.29, 0.717) is 30.8 Å². The van der Waals surface area contributed by atoms with Crippen LogP contribution in [-0.2, 0) is 4.79 Å². The Balaban J connectivity index is 2.69. The fourth-order valence-corrected chi connectivity index (χ4v) is 1.65. The van der Waals surface area contributed by atoms with Gasteiger partial charge in [-0.2, -0.15) is 0 Å². The standard InChI is InChI=1S/C13H18N2O5/c1-9(16)11-8-10(15(18)19)5-6-12(11)20-7-3-4-13(17)14-2/h5-6,8-9,16H,3-4,7H2,1-2H3,(H,14,17)/t9-/m1/s1. The number of amides is 1. The van der Waals surface area contributed by atoms with Crippen LogP contribution in [0, 0.1) is 10.1 Å². The van der Waals surface area contributed by atoms with Crippen molar-refractivity contribution in [2.75, 3.05) is 13.7 Å². The van der Waals surface area contributed by atoms with E-state index in [1.807, 2.05) is 0 Å². The number of rotatable bonds is 7. The van der Waals surface area contributed by atoms with Crippen molar-refractivity contribution in [1.82, 2.24) is 5.32 Å². The minimum Gasteiger partial charge on any atom is -0.493 e. The first kappa shape index (κ1) is 15.9. The lowest BCUT2D eigenvalue weighted by Crippen LogP contribution is -2.18. The lowest BCUT2D eigenvalue weighted by atomic mass is 10.1. The molecule has 20 heavy (non-hydrogen) atoms. The van der Waals surface area contributed by atoms with Gasteiger partial charge in [0, 0.05) is 31.2 Å². The van der Waals surface area contributed by atoms with E-state index >= 15 is 0 Å². The normalized spacial score (nSPS) is 11.8. The molecule has 0 radical (unpaired) electrons.